The molecule has 0 aromatic carbocycles. The Bertz CT molecular complexity index is 441. The minimum Gasteiger partial charge on any atom is -0.354 e. The van der Waals surface area contributed by atoms with E-state index < -0.39 is 0 Å². The van der Waals surface area contributed by atoms with Crippen molar-refractivity contribution in [3.05, 3.63) is 22.8 Å². The largest absolute Gasteiger partial charge is 0.354 e. The molecule has 0 aliphatic heterocycles. The van der Waals surface area contributed by atoms with Gasteiger partial charge >= 0.3 is 0 Å². The molecule has 1 aromatic rings. The lowest BCUT2D eigenvalue weighted by Gasteiger charge is -2.30. The summed E-state index contributed by atoms with van der Waals surface area (Å²) in [6.07, 6.45) is 2.56. The standard InChI is InChI=1S/C16H26ClN3/c1-11(2)10-20(12(3)4)16-8-7-14(17)15(19-16)9-18-13-5-6-13/h7-8,11-13,18H,5-6,9-10H2,1-4H3. The van der Waals surface area contributed by atoms with Gasteiger partial charge in [0.15, 0.2) is 0 Å². The van der Waals surface area contributed by atoms with Crippen molar-refractivity contribution in [2.45, 2.75) is 59.2 Å². The Balaban J connectivity index is 2.13. The Kier molecular flexibility index (Phi) is 5.28. The zero-order chi connectivity index (χ0) is 14.7. The highest BCUT2D eigenvalue weighted by molar-refractivity contribution is 6.31. The summed E-state index contributed by atoms with van der Waals surface area (Å²) in [5.74, 6) is 1.65. The van der Waals surface area contributed by atoms with Crippen LogP contribution in [0.1, 0.15) is 46.2 Å². The van der Waals surface area contributed by atoms with Crippen LogP contribution in [-0.4, -0.2) is 23.6 Å². The van der Waals surface area contributed by atoms with Gasteiger partial charge in [0.25, 0.3) is 0 Å². The van der Waals surface area contributed by atoms with Gasteiger partial charge in [0.2, 0.25) is 0 Å². The summed E-state index contributed by atoms with van der Waals surface area (Å²) in [5.41, 5.74) is 0.963. The van der Waals surface area contributed by atoms with Crippen molar-refractivity contribution in [3.63, 3.8) is 0 Å². The normalized spacial score (nSPS) is 15.2. The van der Waals surface area contributed by atoms with Crippen LogP contribution in [0.3, 0.4) is 0 Å². The molecular weight excluding hydrogens is 270 g/mol. The molecule has 0 unspecified atom stereocenters. The number of anilines is 1. The molecule has 20 heavy (non-hydrogen) atoms. The topological polar surface area (TPSA) is 28.2 Å². The molecule has 0 radical (unpaired) electrons. The zero-order valence-electron chi connectivity index (χ0n) is 13.0. The van der Waals surface area contributed by atoms with Gasteiger partial charge in [0.1, 0.15) is 5.82 Å². The van der Waals surface area contributed by atoms with Crippen molar-refractivity contribution in [2.75, 3.05) is 11.4 Å². The number of halogens is 1. The van der Waals surface area contributed by atoms with Crippen molar-refractivity contribution in [1.29, 1.82) is 0 Å². The number of hydrogen-bond acceptors (Lipinski definition) is 3. The van der Waals surface area contributed by atoms with E-state index in [9.17, 15) is 0 Å². The maximum Gasteiger partial charge on any atom is 0.129 e. The first-order valence-corrected chi connectivity index (χ1v) is 8.00. The summed E-state index contributed by atoms with van der Waals surface area (Å²) in [6.45, 7) is 10.7. The van der Waals surface area contributed by atoms with Gasteiger partial charge in [-0.15, -0.1) is 0 Å². The Morgan fingerprint density at radius 1 is 1.30 bits per heavy atom. The average molecular weight is 296 g/mol. The molecule has 3 nitrogen and oxygen atoms in total. The van der Waals surface area contributed by atoms with Crippen molar-refractivity contribution in [1.82, 2.24) is 10.3 Å². The monoisotopic (exact) mass is 295 g/mol. The molecule has 1 aliphatic rings. The number of nitrogens with zero attached hydrogens (tertiary/aromatic N) is 2. The second-order valence-corrected chi connectivity index (χ2v) is 6.80. The van der Waals surface area contributed by atoms with Crippen LogP contribution in [-0.2, 0) is 6.54 Å². The molecule has 112 valence electrons. The molecule has 1 heterocycles. The van der Waals surface area contributed by atoms with Crippen LogP contribution in [0, 0.1) is 5.92 Å². The lowest BCUT2D eigenvalue weighted by Crippen LogP contribution is -2.35. The summed E-state index contributed by atoms with van der Waals surface area (Å²) in [5, 5.41) is 4.24. The average Bonchev–Trinajstić information content (AvgIpc) is 3.19. The Morgan fingerprint density at radius 2 is 2.00 bits per heavy atom. The molecule has 1 fully saturated rings. The maximum atomic E-state index is 6.27. The summed E-state index contributed by atoms with van der Waals surface area (Å²) < 4.78 is 0. The van der Waals surface area contributed by atoms with E-state index in [1.165, 1.54) is 12.8 Å². The van der Waals surface area contributed by atoms with Crippen molar-refractivity contribution >= 4 is 17.4 Å². The predicted octanol–water partition coefficient (Wildman–Crippen LogP) is 3.86. The van der Waals surface area contributed by atoms with Gasteiger partial charge in [-0.25, -0.2) is 4.98 Å². The molecule has 0 bridgehead atoms. The smallest absolute Gasteiger partial charge is 0.129 e. The van der Waals surface area contributed by atoms with E-state index in [1.807, 2.05) is 12.1 Å². The van der Waals surface area contributed by atoms with Gasteiger partial charge in [-0.1, -0.05) is 25.4 Å². The first-order valence-electron chi connectivity index (χ1n) is 7.62. The molecular formula is C16H26ClN3. The molecule has 1 aliphatic carbocycles. The molecule has 0 spiro atoms. The van der Waals surface area contributed by atoms with E-state index in [4.69, 9.17) is 16.6 Å². The third kappa shape index (κ3) is 4.35. The molecule has 0 amide bonds. The van der Waals surface area contributed by atoms with Gasteiger partial charge < -0.3 is 10.2 Å². The van der Waals surface area contributed by atoms with E-state index in [1.54, 1.807) is 0 Å². The number of rotatable bonds is 7. The summed E-state index contributed by atoms with van der Waals surface area (Å²) in [7, 11) is 0. The molecule has 1 saturated carbocycles. The molecule has 4 heteroatoms. The second-order valence-electron chi connectivity index (χ2n) is 6.39. The van der Waals surface area contributed by atoms with E-state index in [2.05, 4.69) is 37.9 Å². The Hall–Kier alpha value is -0.800. The first kappa shape index (κ1) is 15.6. The first-order chi connectivity index (χ1) is 9.47. The van der Waals surface area contributed by atoms with E-state index in [0.29, 0.717) is 18.0 Å². The third-order valence-corrected chi connectivity index (χ3v) is 3.86. The number of aromatic nitrogens is 1. The van der Waals surface area contributed by atoms with E-state index >= 15 is 0 Å². The molecule has 1 N–H and O–H groups in total. The third-order valence-electron chi connectivity index (χ3n) is 3.52. The maximum absolute atomic E-state index is 6.27. The number of hydrogen-bond donors (Lipinski definition) is 1. The summed E-state index contributed by atoms with van der Waals surface area (Å²) in [6, 6.07) is 5.12. The van der Waals surface area contributed by atoms with Gasteiger partial charge in [-0.2, -0.15) is 0 Å². The van der Waals surface area contributed by atoms with Crippen molar-refractivity contribution in [3.8, 4) is 0 Å². The zero-order valence-corrected chi connectivity index (χ0v) is 13.7. The number of pyridine rings is 1. The Labute approximate surface area is 127 Å². The van der Waals surface area contributed by atoms with Crippen molar-refractivity contribution < 1.29 is 0 Å². The fourth-order valence-corrected chi connectivity index (χ4v) is 2.42. The quantitative estimate of drug-likeness (QED) is 0.828. The van der Waals surface area contributed by atoms with E-state index in [0.717, 1.165) is 29.6 Å². The van der Waals surface area contributed by atoms with Crippen LogP contribution in [0.5, 0.6) is 0 Å². The molecule has 2 rings (SSSR count). The molecule has 0 atom stereocenters. The lowest BCUT2D eigenvalue weighted by molar-refractivity contribution is 0.564. The van der Waals surface area contributed by atoms with Gasteiger partial charge in [0, 0.05) is 25.2 Å². The van der Waals surface area contributed by atoms with Gasteiger partial charge in [0.05, 0.1) is 10.7 Å². The van der Waals surface area contributed by atoms with Gasteiger partial charge in [-0.05, 0) is 44.7 Å². The van der Waals surface area contributed by atoms with E-state index in [-0.39, 0.29) is 0 Å². The molecule has 0 saturated heterocycles. The SMILES string of the molecule is CC(C)CN(c1ccc(Cl)c(CNC2CC2)n1)C(C)C. The summed E-state index contributed by atoms with van der Waals surface area (Å²) >= 11 is 6.27. The Morgan fingerprint density at radius 3 is 2.55 bits per heavy atom. The summed E-state index contributed by atoms with van der Waals surface area (Å²) in [4.78, 5) is 7.13. The van der Waals surface area contributed by atoms with Crippen LogP contribution < -0.4 is 10.2 Å². The minimum atomic E-state index is 0.440. The van der Waals surface area contributed by atoms with Crippen LogP contribution in [0.25, 0.3) is 0 Å². The number of nitrogens with one attached hydrogen (secondary N) is 1. The fraction of sp³-hybridized carbons (Fsp3) is 0.688. The van der Waals surface area contributed by atoms with Crippen LogP contribution in [0.4, 0.5) is 5.82 Å². The van der Waals surface area contributed by atoms with Crippen LogP contribution in [0.15, 0.2) is 12.1 Å². The van der Waals surface area contributed by atoms with Crippen LogP contribution in [0.2, 0.25) is 5.02 Å². The highest BCUT2D eigenvalue weighted by atomic mass is 35.5. The lowest BCUT2D eigenvalue weighted by atomic mass is 10.1. The van der Waals surface area contributed by atoms with Crippen molar-refractivity contribution in [2.24, 2.45) is 5.92 Å². The fourth-order valence-electron chi connectivity index (χ4n) is 2.25. The second kappa shape index (κ2) is 6.77. The minimum absolute atomic E-state index is 0.440. The van der Waals surface area contributed by atoms with Crippen LogP contribution >= 0.6 is 11.6 Å². The molecule has 1 aromatic heterocycles. The van der Waals surface area contributed by atoms with Gasteiger partial charge in [-0.3, -0.25) is 0 Å². The predicted molar refractivity (Wildman–Crippen MR) is 86.4 cm³/mol. The highest BCUT2D eigenvalue weighted by Crippen LogP contribution is 2.24. The highest BCUT2D eigenvalue weighted by Gasteiger charge is 2.21.